The fraction of sp³-hybridized carbons (Fsp3) is 0.562. The molecule has 0 saturated heterocycles. The van der Waals surface area contributed by atoms with Gasteiger partial charge in [-0.3, -0.25) is 4.79 Å². The molecule has 1 amide bonds. The number of rotatable bonds is 3. The summed E-state index contributed by atoms with van der Waals surface area (Å²) in [6, 6.07) is 5.59. The molecule has 0 aliphatic heterocycles. The molecule has 3 rings (SSSR count). The quantitative estimate of drug-likeness (QED) is 0.871. The molecule has 3 heteroatoms. The van der Waals surface area contributed by atoms with Gasteiger partial charge in [0.2, 0.25) is 5.91 Å². The number of anilines is 1. The minimum atomic E-state index is 0.156. The molecule has 2 bridgehead atoms. The van der Waals surface area contributed by atoms with Crippen LogP contribution in [0.2, 0.25) is 5.02 Å². The van der Waals surface area contributed by atoms with Gasteiger partial charge in [-0.1, -0.05) is 18.0 Å². The van der Waals surface area contributed by atoms with Gasteiger partial charge in [-0.2, -0.15) is 0 Å². The summed E-state index contributed by atoms with van der Waals surface area (Å²) >= 11 is 5.92. The number of halogens is 1. The Hall–Kier alpha value is -1.02. The Bertz CT molecular complexity index is 500. The summed E-state index contributed by atoms with van der Waals surface area (Å²) in [7, 11) is 0. The van der Waals surface area contributed by atoms with E-state index in [9.17, 15) is 4.79 Å². The third kappa shape index (κ3) is 2.79. The normalized spacial score (nSPS) is 28.6. The molecule has 1 aromatic rings. The summed E-state index contributed by atoms with van der Waals surface area (Å²) < 4.78 is 0. The Morgan fingerprint density at radius 2 is 2.21 bits per heavy atom. The second-order valence-electron chi connectivity index (χ2n) is 6.15. The fourth-order valence-electron chi connectivity index (χ4n) is 3.83. The third-order valence-corrected chi connectivity index (χ3v) is 5.03. The highest BCUT2D eigenvalue weighted by Crippen LogP contribution is 2.49. The maximum Gasteiger partial charge on any atom is 0.224 e. The maximum absolute atomic E-state index is 12.1. The number of benzene rings is 1. The molecular formula is C16H20ClNO. The van der Waals surface area contributed by atoms with Crippen molar-refractivity contribution in [1.82, 2.24) is 0 Å². The van der Waals surface area contributed by atoms with Gasteiger partial charge in [0.1, 0.15) is 0 Å². The van der Waals surface area contributed by atoms with E-state index in [1.165, 1.54) is 25.7 Å². The number of carbonyl (C=O) groups excluding carboxylic acids is 1. The van der Waals surface area contributed by atoms with Crippen LogP contribution in [-0.2, 0) is 4.79 Å². The maximum atomic E-state index is 12.1. The molecule has 0 aromatic heterocycles. The van der Waals surface area contributed by atoms with Crippen molar-refractivity contribution in [3.63, 3.8) is 0 Å². The number of nitrogens with one attached hydrogen (secondary N) is 1. The molecule has 102 valence electrons. The zero-order valence-corrected chi connectivity index (χ0v) is 12.0. The van der Waals surface area contributed by atoms with Crippen molar-refractivity contribution in [2.75, 3.05) is 5.32 Å². The number of amides is 1. The summed E-state index contributed by atoms with van der Waals surface area (Å²) in [6.07, 6.45) is 6.03. The molecule has 2 fully saturated rings. The van der Waals surface area contributed by atoms with Crippen LogP contribution in [0.15, 0.2) is 18.2 Å². The van der Waals surface area contributed by atoms with Crippen LogP contribution < -0.4 is 5.32 Å². The van der Waals surface area contributed by atoms with Crippen molar-refractivity contribution < 1.29 is 4.79 Å². The smallest absolute Gasteiger partial charge is 0.224 e. The van der Waals surface area contributed by atoms with E-state index in [1.54, 1.807) is 0 Å². The second-order valence-corrected chi connectivity index (χ2v) is 6.58. The summed E-state index contributed by atoms with van der Waals surface area (Å²) in [5.74, 6) is 2.48. The Balaban J connectivity index is 1.59. The van der Waals surface area contributed by atoms with E-state index in [0.29, 0.717) is 17.4 Å². The molecule has 1 aromatic carbocycles. The van der Waals surface area contributed by atoms with Gasteiger partial charge in [0.25, 0.3) is 0 Å². The van der Waals surface area contributed by atoms with E-state index >= 15 is 0 Å². The van der Waals surface area contributed by atoms with Gasteiger partial charge in [0.15, 0.2) is 0 Å². The van der Waals surface area contributed by atoms with E-state index < -0.39 is 0 Å². The SMILES string of the molecule is Cc1cc(Cl)ccc1NC(=O)C[C@H]1C[C@@H]2CC[C@@H]1C2. The lowest BCUT2D eigenvalue weighted by Gasteiger charge is -2.21. The molecule has 0 radical (unpaired) electrons. The zero-order valence-electron chi connectivity index (χ0n) is 11.3. The number of aryl methyl sites for hydroxylation is 1. The molecule has 19 heavy (non-hydrogen) atoms. The van der Waals surface area contributed by atoms with Crippen LogP contribution in [0.5, 0.6) is 0 Å². The summed E-state index contributed by atoms with van der Waals surface area (Å²) in [5.41, 5.74) is 1.91. The lowest BCUT2D eigenvalue weighted by molar-refractivity contribution is -0.117. The summed E-state index contributed by atoms with van der Waals surface area (Å²) in [5, 5.41) is 3.74. The molecule has 2 saturated carbocycles. The van der Waals surface area contributed by atoms with E-state index in [-0.39, 0.29) is 5.91 Å². The Labute approximate surface area is 119 Å². The Kier molecular flexibility index (Phi) is 3.53. The van der Waals surface area contributed by atoms with E-state index in [1.807, 2.05) is 25.1 Å². The highest BCUT2D eigenvalue weighted by molar-refractivity contribution is 6.30. The van der Waals surface area contributed by atoms with Crippen LogP contribution in [0.3, 0.4) is 0 Å². The standard InChI is InChI=1S/C16H20ClNO/c1-10-6-14(17)4-5-15(10)18-16(19)9-13-8-11-2-3-12(13)7-11/h4-6,11-13H,2-3,7-9H2,1H3,(H,18,19)/t11-,12-,13-/m1/s1. The first-order valence-electron chi connectivity index (χ1n) is 7.18. The average Bonchev–Trinajstić information content (AvgIpc) is 2.95. The van der Waals surface area contributed by atoms with Crippen LogP contribution >= 0.6 is 11.6 Å². The summed E-state index contributed by atoms with van der Waals surface area (Å²) in [4.78, 5) is 12.1. The third-order valence-electron chi connectivity index (χ3n) is 4.79. The Morgan fingerprint density at radius 3 is 2.84 bits per heavy atom. The van der Waals surface area contributed by atoms with E-state index in [2.05, 4.69) is 5.32 Å². The monoisotopic (exact) mass is 277 g/mol. The summed E-state index contributed by atoms with van der Waals surface area (Å²) in [6.45, 7) is 1.97. The van der Waals surface area contributed by atoms with Crippen LogP contribution in [0.1, 0.15) is 37.7 Å². The molecule has 2 aliphatic carbocycles. The first-order valence-corrected chi connectivity index (χ1v) is 7.55. The van der Waals surface area contributed by atoms with Crippen molar-refractivity contribution in [3.05, 3.63) is 28.8 Å². The Morgan fingerprint density at radius 1 is 1.37 bits per heavy atom. The molecule has 0 heterocycles. The molecule has 0 unspecified atom stereocenters. The molecule has 2 nitrogen and oxygen atoms in total. The van der Waals surface area contributed by atoms with Crippen LogP contribution in [0.25, 0.3) is 0 Å². The van der Waals surface area contributed by atoms with Gasteiger partial charge in [0, 0.05) is 17.1 Å². The van der Waals surface area contributed by atoms with Gasteiger partial charge >= 0.3 is 0 Å². The lowest BCUT2D eigenvalue weighted by Crippen LogP contribution is -2.20. The van der Waals surface area contributed by atoms with Gasteiger partial charge in [0.05, 0.1) is 0 Å². The highest BCUT2D eigenvalue weighted by atomic mass is 35.5. The molecule has 2 aliphatic rings. The van der Waals surface area contributed by atoms with Gasteiger partial charge in [-0.15, -0.1) is 0 Å². The molecule has 1 N–H and O–H groups in total. The number of hydrogen-bond donors (Lipinski definition) is 1. The predicted octanol–water partition coefficient (Wildman–Crippen LogP) is 4.41. The lowest BCUT2D eigenvalue weighted by atomic mass is 9.86. The van der Waals surface area contributed by atoms with Crippen LogP contribution in [0, 0.1) is 24.7 Å². The number of carbonyl (C=O) groups is 1. The first kappa shape index (κ1) is 13.0. The van der Waals surface area contributed by atoms with Crippen molar-refractivity contribution >= 4 is 23.2 Å². The van der Waals surface area contributed by atoms with Crippen molar-refractivity contribution in [1.29, 1.82) is 0 Å². The topological polar surface area (TPSA) is 29.1 Å². The van der Waals surface area contributed by atoms with Crippen molar-refractivity contribution in [3.8, 4) is 0 Å². The minimum Gasteiger partial charge on any atom is -0.326 e. The van der Waals surface area contributed by atoms with Crippen LogP contribution in [-0.4, -0.2) is 5.91 Å². The van der Waals surface area contributed by atoms with Crippen molar-refractivity contribution in [2.45, 2.75) is 39.0 Å². The van der Waals surface area contributed by atoms with Crippen molar-refractivity contribution in [2.24, 2.45) is 17.8 Å². The average molecular weight is 278 g/mol. The van der Waals surface area contributed by atoms with Gasteiger partial charge < -0.3 is 5.32 Å². The first-order chi connectivity index (χ1) is 9.11. The zero-order chi connectivity index (χ0) is 13.4. The predicted molar refractivity (Wildman–Crippen MR) is 78.4 cm³/mol. The fourth-order valence-corrected chi connectivity index (χ4v) is 4.06. The molecule has 3 atom stereocenters. The van der Waals surface area contributed by atoms with E-state index in [0.717, 1.165) is 23.1 Å². The largest absolute Gasteiger partial charge is 0.326 e. The molecular weight excluding hydrogens is 258 g/mol. The number of hydrogen-bond acceptors (Lipinski definition) is 1. The van der Waals surface area contributed by atoms with Crippen LogP contribution in [0.4, 0.5) is 5.69 Å². The second kappa shape index (κ2) is 5.16. The highest BCUT2D eigenvalue weighted by Gasteiger charge is 2.40. The van der Waals surface area contributed by atoms with E-state index in [4.69, 9.17) is 11.6 Å². The number of fused-ring (bicyclic) bond motifs is 2. The van der Waals surface area contributed by atoms with Gasteiger partial charge in [-0.05, 0) is 67.7 Å². The molecule has 0 spiro atoms. The van der Waals surface area contributed by atoms with Gasteiger partial charge in [-0.25, -0.2) is 0 Å². The minimum absolute atomic E-state index is 0.156.